The second-order valence-electron chi connectivity index (χ2n) is 20.9. The number of benzene rings is 12. The number of hydrogen-bond acceptors (Lipinski definition) is 0. The first-order chi connectivity index (χ1) is 37.1. The number of hydrogen-bond donors (Lipinski definition) is 0. The summed E-state index contributed by atoms with van der Waals surface area (Å²) in [5, 5.41) is 12.6. The summed E-state index contributed by atoms with van der Waals surface area (Å²) in [6.07, 6.45) is 11.3. The number of para-hydroxylation sites is 2. The summed E-state index contributed by atoms with van der Waals surface area (Å²) in [5.74, 6) is 0. The zero-order chi connectivity index (χ0) is 49.2. The zero-order valence-corrected chi connectivity index (χ0v) is 41.2. The molecule has 0 amide bonds. The van der Waals surface area contributed by atoms with Crippen LogP contribution in [0.4, 0.5) is 0 Å². The Labute approximate surface area is 435 Å². The first kappa shape index (κ1) is 42.1. The normalized spacial score (nSPS) is 15.0. The molecular formula is C73H48N2. The van der Waals surface area contributed by atoms with Gasteiger partial charge in [-0.3, -0.25) is 0 Å². The van der Waals surface area contributed by atoms with Gasteiger partial charge in [-0.15, -0.1) is 0 Å². The van der Waals surface area contributed by atoms with Gasteiger partial charge in [0.15, 0.2) is 0 Å². The summed E-state index contributed by atoms with van der Waals surface area (Å²) < 4.78 is 4.83. The second kappa shape index (κ2) is 16.3. The second-order valence-corrected chi connectivity index (χ2v) is 20.9. The molecule has 16 rings (SSSR count). The molecule has 0 N–H and O–H groups in total. The van der Waals surface area contributed by atoms with Crippen molar-refractivity contribution >= 4 is 100 Å². The summed E-state index contributed by atoms with van der Waals surface area (Å²) >= 11 is 0. The average Bonchev–Trinajstić information content (AvgIpc) is 4.34. The molecule has 12 aromatic carbocycles. The van der Waals surface area contributed by atoms with Crippen molar-refractivity contribution in [1.29, 1.82) is 0 Å². The van der Waals surface area contributed by atoms with Crippen molar-refractivity contribution in [1.82, 2.24) is 9.13 Å². The van der Waals surface area contributed by atoms with Gasteiger partial charge in [0.2, 0.25) is 0 Å². The molecule has 0 saturated heterocycles. The highest BCUT2D eigenvalue weighted by Gasteiger charge is 2.48. The number of fused-ring (bicyclic) bond motifs is 16. The summed E-state index contributed by atoms with van der Waals surface area (Å²) in [6, 6.07) is 90.6. The lowest BCUT2D eigenvalue weighted by molar-refractivity contribution is 0.626. The van der Waals surface area contributed by atoms with Crippen LogP contribution in [-0.2, 0) is 11.8 Å². The Balaban J connectivity index is 0.773. The topological polar surface area (TPSA) is 9.86 Å². The van der Waals surface area contributed by atoms with Gasteiger partial charge >= 0.3 is 0 Å². The number of aromatic nitrogens is 2. The van der Waals surface area contributed by atoms with Crippen molar-refractivity contribution in [3.05, 3.63) is 287 Å². The molecule has 0 fully saturated rings. The molecule has 1 spiro atoms. The summed E-state index contributed by atoms with van der Waals surface area (Å²) in [5.41, 5.74) is 20.2. The fourth-order valence-corrected chi connectivity index (χ4v) is 13.3. The van der Waals surface area contributed by atoms with Crippen molar-refractivity contribution in [2.45, 2.75) is 18.3 Å². The Bertz CT molecular complexity index is 4530. The van der Waals surface area contributed by atoms with Crippen LogP contribution < -0.4 is 0 Å². The maximum absolute atomic E-state index is 2.51. The van der Waals surface area contributed by atoms with Crippen molar-refractivity contribution in [2.24, 2.45) is 0 Å². The Morgan fingerprint density at radius 1 is 0.293 bits per heavy atom. The quantitative estimate of drug-likeness (QED) is 0.147. The number of nitrogens with zero attached hydrogens (tertiary/aromatic N) is 2. The minimum atomic E-state index is -0.259. The van der Waals surface area contributed by atoms with Gasteiger partial charge in [0.1, 0.15) is 0 Å². The predicted octanol–water partition coefficient (Wildman–Crippen LogP) is 18.9. The van der Waals surface area contributed by atoms with Crippen LogP contribution in [0.3, 0.4) is 0 Å². The smallest absolute Gasteiger partial charge is 0.0541 e. The van der Waals surface area contributed by atoms with Gasteiger partial charge in [-0.05, 0) is 180 Å². The van der Waals surface area contributed by atoms with Crippen LogP contribution in [0.1, 0.15) is 50.9 Å². The van der Waals surface area contributed by atoms with E-state index >= 15 is 0 Å². The molecule has 2 aliphatic rings. The van der Waals surface area contributed by atoms with Crippen LogP contribution in [0.2, 0.25) is 0 Å². The van der Waals surface area contributed by atoms with Crippen molar-refractivity contribution < 1.29 is 0 Å². The lowest BCUT2D eigenvalue weighted by Gasteiger charge is -2.29. The van der Waals surface area contributed by atoms with Crippen LogP contribution in [0.15, 0.2) is 243 Å². The summed E-state index contributed by atoms with van der Waals surface area (Å²) in [4.78, 5) is 0. The standard InChI is InChI=1S/C73H48N2/c1-3-14-54-44-58(31-29-51(54)11-1)74-69-19-9-7-17-62(69)64-39-47(27-35-71(64)74)21-23-49-25-33-60-61-34-26-50(42-68(61)73(67(60)41-49)38-37-57-43-53-13-5-6-16-56(53)46-66(57)73)24-22-48-28-36-72-65(40-48)63-18-8-10-20-70(63)75(72)59-32-30-52-12-2-4-15-55(52)45-59/h1-36,39-46H,37-38H2. The third-order valence-corrected chi connectivity index (χ3v) is 16.8. The highest BCUT2D eigenvalue weighted by Crippen LogP contribution is 2.59. The molecule has 0 radical (unpaired) electrons. The van der Waals surface area contributed by atoms with E-state index in [0.29, 0.717) is 0 Å². The summed E-state index contributed by atoms with van der Waals surface area (Å²) in [6.45, 7) is 0. The molecule has 2 heteroatoms. The molecule has 0 saturated carbocycles. The Kier molecular flexibility index (Phi) is 9.11. The molecule has 14 aromatic rings. The SMILES string of the molecule is C(=Cc1ccc2c(c1)c1ccccc1n2-c1ccc2ccccc2c1)c1ccc2c(c1)C1(CCc3cc4ccccc4cc31)c1cc(C=Cc3ccc4c(c3)c3ccccc3n4-c3ccc4ccccc4c3)ccc1-2. The van der Waals surface area contributed by atoms with E-state index in [1.807, 2.05) is 0 Å². The summed E-state index contributed by atoms with van der Waals surface area (Å²) in [7, 11) is 0. The molecule has 2 heterocycles. The van der Waals surface area contributed by atoms with Crippen LogP contribution in [-0.4, -0.2) is 9.13 Å². The van der Waals surface area contributed by atoms with E-state index in [2.05, 4.69) is 276 Å². The van der Waals surface area contributed by atoms with Gasteiger partial charge in [-0.25, -0.2) is 0 Å². The van der Waals surface area contributed by atoms with E-state index in [1.165, 1.54) is 143 Å². The van der Waals surface area contributed by atoms with Crippen molar-refractivity contribution in [3.63, 3.8) is 0 Å². The Morgan fingerprint density at radius 2 is 0.693 bits per heavy atom. The van der Waals surface area contributed by atoms with Gasteiger partial charge in [0.05, 0.1) is 22.1 Å². The molecule has 75 heavy (non-hydrogen) atoms. The van der Waals surface area contributed by atoms with E-state index in [4.69, 9.17) is 0 Å². The lowest BCUT2D eigenvalue weighted by atomic mass is 9.72. The first-order valence-corrected chi connectivity index (χ1v) is 26.3. The molecule has 350 valence electrons. The fourth-order valence-electron chi connectivity index (χ4n) is 13.3. The molecule has 0 unspecified atom stereocenters. The van der Waals surface area contributed by atoms with Gasteiger partial charge in [-0.2, -0.15) is 0 Å². The Morgan fingerprint density at radius 3 is 1.20 bits per heavy atom. The maximum Gasteiger partial charge on any atom is 0.0541 e. The third-order valence-electron chi connectivity index (χ3n) is 16.8. The number of rotatable bonds is 6. The van der Waals surface area contributed by atoms with Gasteiger partial charge in [-0.1, -0.05) is 188 Å². The molecule has 2 aromatic heterocycles. The minimum Gasteiger partial charge on any atom is -0.309 e. The van der Waals surface area contributed by atoms with Crippen LogP contribution in [0.5, 0.6) is 0 Å². The van der Waals surface area contributed by atoms with Crippen LogP contribution >= 0.6 is 0 Å². The third kappa shape index (κ3) is 6.46. The largest absolute Gasteiger partial charge is 0.309 e. The van der Waals surface area contributed by atoms with E-state index < -0.39 is 0 Å². The fraction of sp³-hybridized carbons (Fsp3) is 0.0411. The lowest BCUT2D eigenvalue weighted by Crippen LogP contribution is -2.23. The van der Waals surface area contributed by atoms with E-state index in [1.54, 1.807) is 0 Å². The predicted molar refractivity (Wildman–Crippen MR) is 318 cm³/mol. The zero-order valence-electron chi connectivity index (χ0n) is 41.2. The van der Waals surface area contributed by atoms with E-state index in [0.717, 1.165) is 12.8 Å². The van der Waals surface area contributed by atoms with E-state index in [-0.39, 0.29) is 5.41 Å². The molecule has 0 bridgehead atoms. The molecule has 0 aliphatic heterocycles. The van der Waals surface area contributed by atoms with Gasteiger partial charge < -0.3 is 9.13 Å². The number of aryl methyl sites for hydroxylation is 1. The van der Waals surface area contributed by atoms with Crippen molar-refractivity contribution in [3.8, 4) is 22.5 Å². The minimum absolute atomic E-state index is 0.259. The molecule has 0 atom stereocenters. The monoisotopic (exact) mass is 952 g/mol. The van der Waals surface area contributed by atoms with Gasteiger partial charge in [0, 0.05) is 38.3 Å². The van der Waals surface area contributed by atoms with Crippen LogP contribution in [0, 0.1) is 0 Å². The molecule has 2 nitrogen and oxygen atoms in total. The van der Waals surface area contributed by atoms with E-state index in [9.17, 15) is 0 Å². The van der Waals surface area contributed by atoms with Gasteiger partial charge in [0.25, 0.3) is 0 Å². The molecular weight excluding hydrogens is 905 g/mol. The first-order valence-electron chi connectivity index (χ1n) is 26.3. The average molecular weight is 953 g/mol. The highest BCUT2D eigenvalue weighted by molar-refractivity contribution is 6.11. The van der Waals surface area contributed by atoms with Crippen LogP contribution in [0.25, 0.3) is 123 Å². The van der Waals surface area contributed by atoms with Crippen molar-refractivity contribution in [2.75, 3.05) is 0 Å². The highest BCUT2D eigenvalue weighted by atomic mass is 15.0. The molecule has 2 aliphatic carbocycles. The Hall–Kier alpha value is -9.50. The maximum atomic E-state index is 2.51.